The molecule has 1 saturated heterocycles. The van der Waals surface area contributed by atoms with Crippen LogP contribution in [0.25, 0.3) is 22.0 Å². The SMILES string of the molecule is CC1CC[C@H](Nc2nccc(-c3csc(-c4cccc([C@]5(O)CCN(C)C5=O)c4)n3)n2)C1. The van der Waals surface area contributed by atoms with Crippen molar-refractivity contribution in [2.45, 2.75) is 44.2 Å². The molecule has 3 aromatic rings. The number of anilines is 1. The average molecular weight is 450 g/mol. The van der Waals surface area contributed by atoms with Crippen LogP contribution in [-0.4, -0.2) is 50.5 Å². The van der Waals surface area contributed by atoms with Gasteiger partial charge in [0.2, 0.25) is 5.95 Å². The molecule has 1 aliphatic heterocycles. The minimum atomic E-state index is -1.46. The van der Waals surface area contributed by atoms with Crippen LogP contribution in [0.5, 0.6) is 0 Å². The van der Waals surface area contributed by atoms with Gasteiger partial charge in [0, 0.05) is 43.2 Å². The first-order valence-electron chi connectivity index (χ1n) is 11.1. The molecule has 2 N–H and O–H groups in total. The normalized spacial score (nSPS) is 25.5. The maximum absolute atomic E-state index is 12.5. The minimum absolute atomic E-state index is 0.257. The summed E-state index contributed by atoms with van der Waals surface area (Å²) in [7, 11) is 1.72. The highest BCUT2D eigenvalue weighted by Gasteiger charge is 2.45. The third-order valence-electron chi connectivity index (χ3n) is 6.55. The topological polar surface area (TPSA) is 91.2 Å². The highest BCUT2D eigenvalue weighted by Crippen LogP contribution is 2.36. The molecule has 1 amide bonds. The van der Waals surface area contributed by atoms with E-state index in [1.165, 1.54) is 17.8 Å². The summed E-state index contributed by atoms with van der Waals surface area (Å²) in [5.41, 5.74) is 1.59. The number of carbonyl (C=O) groups excluding carboxylic acids is 1. The second-order valence-corrected chi connectivity index (χ2v) is 9.84. The smallest absolute Gasteiger partial charge is 0.258 e. The summed E-state index contributed by atoms with van der Waals surface area (Å²) in [4.78, 5) is 27.9. The van der Waals surface area contributed by atoms with Crippen LogP contribution in [0.2, 0.25) is 0 Å². The molecule has 3 atom stereocenters. The van der Waals surface area contributed by atoms with Crippen LogP contribution in [0.4, 0.5) is 5.95 Å². The molecular formula is C24H27N5O2S. The molecule has 2 aromatic heterocycles. The molecule has 5 rings (SSSR count). The van der Waals surface area contributed by atoms with Crippen LogP contribution in [0.3, 0.4) is 0 Å². The first-order chi connectivity index (χ1) is 15.4. The summed E-state index contributed by atoms with van der Waals surface area (Å²) in [6, 6.07) is 9.79. The number of nitrogens with one attached hydrogen (secondary N) is 1. The van der Waals surface area contributed by atoms with Crippen molar-refractivity contribution >= 4 is 23.2 Å². The molecule has 2 fully saturated rings. The van der Waals surface area contributed by atoms with Gasteiger partial charge in [-0.3, -0.25) is 4.79 Å². The molecule has 1 aromatic carbocycles. The van der Waals surface area contributed by atoms with E-state index in [1.807, 2.05) is 29.6 Å². The van der Waals surface area contributed by atoms with E-state index >= 15 is 0 Å². The van der Waals surface area contributed by atoms with Gasteiger partial charge in [-0.1, -0.05) is 25.1 Å². The van der Waals surface area contributed by atoms with Crippen molar-refractivity contribution in [3.05, 3.63) is 47.5 Å². The highest BCUT2D eigenvalue weighted by molar-refractivity contribution is 7.13. The van der Waals surface area contributed by atoms with E-state index in [0.717, 1.165) is 40.7 Å². The highest BCUT2D eigenvalue weighted by atomic mass is 32.1. The molecule has 3 heterocycles. The molecule has 0 spiro atoms. The van der Waals surface area contributed by atoms with Gasteiger partial charge in [0.15, 0.2) is 5.60 Å². The monoisotopic (exact) mass is 449 g/mol. The maximum atomic E-state index is 12.5. The fraction of sp³-hybridized carbons (Fsp3) is 0.417. The van der Waals surface area contributed by atoms with Crippen molar-refractivity contribution in [2.75, 3.05) is 18.9 Å². The van der Waals surface area contributed by atoms with Gasteiger partial charge in [0.25, 0.3) is 5.91 Å². The van der Waals surface area contributed by atoms with E-state index in [2.05, 4.69) is 22.2 Å². The summed E-state index contributed by atoms with van der Waals surface area (Å²) in [6.45, 7) is 2.83. The van der Waals surface area contributed by atoms with E-state index in [-0.39, 0.29) is 5.91 Å². The number of nitrogens with zero attached hydrogens (tertiary/aromatic N) is 4. The molecule has 0 radical (unpaired) electrons. The number of carbonyl (C=O) groups is 1. The molecule has 2 aliphatic rings. The Morgan fingerprint density at radius 3 is 2.84 bits per heavy atom. The van der Waals surface area contributed by atoms with Crippen molar-refractivity contribution < 1.29 is 9.90 Å². The second-order valence-electron chi connectivity index (χ2n) is 8.98. The van der Waals surface area contributed by atoms with Crippen LogP contribution in [0, 0.1) is 5.92 Å². The summed E-state index contributed by atoms with van der Waals surface area (Å²) < 4.78 is 0. The van der Waals surface area contributed by atoms with Gasteiger partial charge in [0.1, 0.15) is 10.7 Å². The lowest BCUT2D eigenvalue weighted by atomic mass is 9.91. The Kier molecular flexibility index (Phi) is 5.43. The lowest BCUT2D eigenvalue weighted by molar-refractivity contribution is -0.143. The fourth-order valence-electron chi connectivity index (χ4n) is 4.65. The Morgan fingerprint density at radius 2 is 2.09 bits per heavy atom. The number of likely N-dealkylation sites (tertiary alicyclic amines) is 1. The number of thiazole rings is 1. The zero-order chi connectivity index (χ0) is 22.3. The Hall–Kier alpha value is -2.84. The van der Waals surface area contributed by atoms with Gasteiger partial charge in [-0.15, -0.1) is 11.3 Å². The summed E-state index contributed by atoms with van der Waals surface area (Å²) >= 11 is 1.52. The van der Waals surface area contributed by atoms with E-state index < -0.39 is 5.60 Å². The number of likely N-dealkylation sites (N-methyl/N-ethyl adjacent to an activating group) is 1. The van der Waals surface area contributed by atoms with E-state index in [4.69, 9.17) is 4.98 Å². The lowest BCUT2D eigenvalue weighted by Gasteiger charge is -2.21. The zero-order valence-electron chi connectivity index (χ0n) is 18.3. The number of rotatable bonds is 5. The molecule has 1 unspecified atom stereocenters. The Balaban J connectivity index is 1.38. The van der Waals surface area contributed by atoms with Gasteiger partial charge < -0.3 is 15.3 Å². The summed E-state index contributed by atoms with van der Waals surface area (Å²) in [6.07, 6.45) is 5.70. The van der Waals surface area contributed by atoms with Crippen molar-refractivity contribution in [1.82, 2.24) is 19.9 Å². The van der Waals surface area contributed by atoms with Crippen molar-refractivity contribution in [1.29, 1.82) is 0 Å². The predicted molar refractivity (Wildman–Crippen MR) is 125 cm³/mol. The Labute approximate surface area is 191 Å². The second kappa shape index (κ2) is 8.26. The molecule has 7 nitrogen and oxygen atoms in total. The number of aliphatic hydroxyl groups is 1. The standard InChI is InChI=1S/C24H27N5O2S/c1-15-6-7-18(12-15)26-23-25-10-8-19(28-23)20-14-32-21(27-20)16-4-3-5-17(13-16)24(31)9-11-29(2)22(24)30/h3-5,8,10,13-15,18,31H,6-7,9,11-12H2,1-2H3,(H,25,26,28)/t15?,18-,24+/m0/s1. The van der Waals surface area contributed by atoms with Gasteiger partial charge in [-0.25, -0.2) is 15.0 Å². The van der Waals surface area contributed by atoms with E-state index in [1.54, 1.807) is 24.2 Å². The third-order valence-corrected chi connectivity index (χ3v) is 7.44. The van der Waals surface area contributed by atoms with Gasteiger partial charge in [-0.2, -0.15) is 0 Å². The third kappa shape index (κ3) is 3.89. The van der Waals surface area contributed by atoms with Crippen LogP contribution >= 0.6 is 11.3 Å². The van der Waals surface area contributed by atoms with Crippen molar-refractivity contribution in [2.24, 2.45) is 5.92 Å². The maximum Gasteiger partial charge on any atom is 0.258 e. The van der Waals surface area contributed by atoms with Gasteiger partial charge in [-0.05, 0) is 42.9 Å². The largest absolute Gasteiger partial charge is 0.375 e. The number of benzene rings is 1. The first kappa shape index (κ1) is 21.0. The van der Waals surface area contributed by atoms with Crippen LogP contribution in [-0.2, 0) is 10.4 Å². The summed E-state index contributed by atoms with van der Waals surface area (Å²) in [5, 5.41) is 17.3. The van der Waals surface area contributed by atoms with E-state index in [0.29, 0.717) is 30.5 Å². The number of amides is 1. The molecule has 166 valence electrons. The number of hydrogen-bond acceptors (Lipinski definition) is 7. The predicted octanol–water partition coefficient (Wildman–Crippen LogP) is 3.92. The van der Waals surface area contributed by atoms with Crippen molar-refractivity contribution in [3.63, 3.8) is 0 Å². The van der Waals surface area contributed by atoms with Gasteiger partial charge in [0.05, 0.1) is 5.69 Å². The molecular weight excluding hydrogens is 422 g/mol. The molecule has 8 heteroatoms. The summed E-state index contributed by atoms with van der Waals surface area (Å²) in [5.74, 6) is 1.13. The molecule has 0 bridgehead atoms. The zero-order valence-corrected chi connectivity index (χ0v) is 19.1. The van der Waals surface area contributed by atoms with Crippen LogP contribution in [0.15, 0.2) is 41.9 Å². The Bertz CT molecular complexity index is 1150. The van der Waals surface area contributed by atoms with Crippen LogP contribution in [0.1, 0.15) is 38.2 Å². The van der Waals surface area contributed by atoms with Crippen molar-refractivity contribution in [3.8, 4) is 22.0 Å². The Morgan fingerprint density at radius 1 is 1.22 bits per heavy atom. The molecule has 1 saturated carbocycles. The molecule has 1 aliphatic carbocycles. The van der Waals surface area contributed by atoms with E-state index in [9.17, 15) is 9.90 Å². The molecule has 32 heavy (non-hydrogen) atoms. The first-order valence-corrected chi connectivity index (χ1v) is 11.9. The number of aromatic nitrogens is 3. The average Bonchev–Trinajstić information content (AvgIpc) is 3.52. The van der Waals surface area contributed by atoms with Crippen LogP contribution < -0.4 is 5.32 Å². The number of hydrogen-bond donors (Lipinski definition) is 2. The van der Waals surface area contributed by atoms with Gasteiger partial charge >= 0.3 is 0 Å². The fourth-order valence-corrected chi connectivity index (χ4v) is 5.46. The quantitative estimate of drug-likeness (QED) is 0.614. The lowest BCUT2D eigenvalue weighted by Crippen LogP contribution is -2.36. The minimum Gasteiger partial charge on any atom is -0.375 e.